The maximum Gasteiger partial charge on any atom is 0.115 e. The second-order valence-electron chi connectivity index (χ2n) is 3.62. The molecule has 6 heteroatoms. The third kappa shape index (κ3) is 14.9. The molecule has 0 spiro atoms. The van der Waals surface area contributed by atoms with Crippen molar-refractivity contribution in [1.82, 2.24) is 0 Å². The number of aliphatic hydroxyl groups excluding tert-OH is 2. The van der Waals surface area contributed by atoms with Crippen LogP contribution in [0.4, 0.5) is 0 Å². The third-order valence-corrected chi connectivity index (χ3v) is 1.97. The first kappa shape index (κ1) is 18.8. The molecule has 0 fully saturated rings. The number of para-hydroxylation sites is 1. The van der Waals surface area contributed by atoms with E-state index in [2.05, 4.69) is 0 Å². The predicted octanol–water partition coefficient (Wildman–Crippen LogP) is 0.413. The van der Waals surface area contributed by atoms with Gasteiger partial charge >= 0.3 is 0 Å². The molecule has 0 radical (unpaired) electrons. The lowest BCUT2D eigenvalue weighted by Gasteiger charge is -2.04. The number of hydrogen-bond donors (Lipinski definition) is 3. The molecule has 116 valence electrons. The van der Waals surface area contributed by atoms with E-state index in [4.69, 9.17) is 29.5 Å². The maximum atomic E-state index is 8.63. The molecule has 0 aliphatic rings. The van der Waals surface area contributed by atoms with Gasteiger partial charge in [-0.1, -0.05) is 18.2 Å². The Morgan fingerprint density at radius 2 is 1.05 bits per heavy atom. The van der Waals surface area contributed by atoms with Crippen LogP contribution < -0.4 is 0 Å². The molecule has 0 saturated heterocycles. The first-order valence-electron chi connectivity index (χ1n) is 6.50. The van der Waals surface area contributed by atoms with Crippen molar-refractivity contribution in [2.45, 2.75) is 0 Å². The summed E-state index contributed by atoms with van der Waals surface area (Å²) < 4.78 is 15.0. The van der Waals surface area contributed by atoms with Crippen LogP contribution in [0.1, 0.15) is 0 Å². The highest BCUT2D eigenvalue weighted by Crippen LogP contribution is 2.02. The Kier molecular flexibility index (Phi) is 14.9. The number of benzene rings is 1. The minimum Gasteiger partial charge on any atom is -0.508 e. The fraction of sp³-hybridized carbons (Fsp3) is 0.571. The Labute approximate surface area is 119 Å². The monoisotopic (exact) mass is 288 g/mol. The molecule has 20 heavy (non-hydrogen) atoms. The number of phenols is 1. The summed E-state index contributed by atoms with van der Waals surface area (Å²) in [7, 11) is 0. The third-order valence-electron chi connectivity index (χ3n) is 1.97. The number of hydrogen-bond acceptors (Lipinski definition) is 6. The normalized spacial score (nSPS) is 9.90. The summed E-state index contributed by atoms with van der Waals surface area (Å²) in [6, 6.07) is 8.71. The van der Waals surface area contributed by atoms with Gasteiger partial charge in [0, 0.05) is 0 Å². The molecule has 1 aromatic rings. The van der Waals surface area contributed by atoms with Crippen molar-refractivity contribution in [2.75, 3.05) is 52.9 Å². The Morgan fingerprint density at radius 3 is 1.35 bits per heavy atom. The van der Waals surface area contributed by atoms with Gasteiger partial charge in [-0.2, -0.15) is 0 Å². The van der Waals surface area contributed by atoms with Gasteiger partial charge in [-0.15, -0.1) is 0 Å². The lowest BCUT2D eigenvalue weighted by Crippen LogP contribution is -2.11. The second kappa shape index (κ2) is 15.9. The van der Waals surface area contributed by atoms with Crippen LogP contribution in [0.25, 0.3) is 0 Å². The molecule has 3 N–H and O–H groups in total. The minimum absolute atomic E-state index is 0.0413. The summed E-state index contributed by atoms with van der Waals surface area (Å²) in [4.78, 5) is 0. The van der Waals surface area contributed by atoms with E-state index in [1.807, 2.05) is 6.07 Å². The van der Waals surface area contributed by atoms with Gasteiger partial charge in [0.15, 0.2) is 0 Å². The summed E-state index contributed by atoms with van der Waals surface area (Å²) in [5.41, 5.74) is 0. The quantitative estimate of drug-likeness (QED) is 0.541. The Hall–Kier alpha value is -1.18. The van der Waals surface area contributed by atoms with Crippen LogP contribution in [0, 0.1) is 0 Å². The summed E-state index contributed by atoms with van der Waals surface area (Å²) >= 11 is 0. The van der Waals surface area contributed by atoms with Crippen molar-refractivity contribution in [3.8, 4) is 5.75 Å². The number of rotatable bonds is 10. The Balaban J connectivity index is 0.000000428. The van der Waals surface area contributed by atoms with Crippen LogP contribution in [0.3, 0.4) is 0 Å². The standard InChI is InChI=1S/C8H18O5.C6H6O/c9-1-3-11-5-7-13-8-6-12-4-2-10;7-6-4-2-1-3-5-6/h9-10H,1-8H2;1-5,7H. The van der Waals surface area contributed by atoms with E-state index in [-0.39, 0.29) is 13.2 Å². The van der Waals surface area contributed by atoms with Crippen LogP contribution in [-0.2, 0) is 14.2 Å². The first-order chi connectivity index (χ1) is 9.81. The van der Waals surface area contributed by atoms with Crippen molar-refractivity contribution in [1.29, 1.82) is 0 Å². The van der Waals surface area contributed by atoms with Crippen molar-refractivity contribution >= 4 is 0 Å². The van der Waals surface area contributed by atoms with Crippen LogP contribution in [0.2, 0.25) is 0 Å². The molecular weight excluding hydrogens is 264 g/mol. The van der Waals surface area contributed by atoms with Gasteiger partial charge in [-0.3, -0.25) is 0 Å². The molecule has 1 aromatic carbocycles. The zero-order chi connectivity index (χ0) is 14.9. The average Bonchev–Trinajstić information content (AvgIpc) is 2.47. The molecule has 0 aromatic heterocycles. The SMILES string of the molecule is OCCOCCOCCOCCO.Oc1ccccc1. The van der Waals surface area contributed by atoms with Gasteiger partial charge in [0.1, 0.15) is 5.75 Å². The number of aliphatic hydroxyl groups is 2. The highest BCUT2D eigenvalue weighted by atomic mass is 16.5. The number of ether oxygens (including phenoxy) is 3. The molecule has 0 bridgehead atoms. The molecule has 0 unspecified atom stereocenters. The molecule has 0 heterocycles. The van der Waals surface area contributed by atoms with E-state index in [0.717, 1.165) is 0 Å². The van der Waals surface area contributed by atoms with Crippen molar-refractivity contribution in [3.63, 3.8) is 0 Å². The van der Waals surface area contributed by atoms with Crippen LogP contribution in [0.15, 0.2) is 30.3 Å². The number of phenolic OH excluding ortho intramolecular Hbond substituents is 1. The lowest BCUT2D eigenvalue weighted by atomic mass is 10.3. The Bertz CT molecular complexity index is 270. The van der Waals surface area contributed by atoms with Crippen LogP contribution in [0.5, 0.6) is 5.75 Å². The van der Waals surface area contributed by atoms with Gasteiger partial charge in [0.25, 0.3) is 0 Å². The largest absolute Gasteiger partial charge is 0.508 e. The van der Waals surface area contributed by atoms with Gasteiger partial charge in [-0.05, 0) is 12.1 Å². The van der Waals surface area contributed by atoms with Crippen LogP contribution >= 0.6 is 0 Å². The molecule has 0 aliphatic heterocycles. The smallest absolute Gasteiger partial charge is 0.115 e. The molecule has 0 saturated carbocycles. The zero-order valence-corrected chi connectivity index (χ0v) is 11.6. The van der Waals surface area contributed by atoms with E-state index in [1.165, 1.54) is 0 Å². The van der Waals surface area contributed by atoms with E-state index < -0.39 is 0 Å². The first-order valence-corrected chi connectivity index (χ1v) is 6.50. The minimum atomic E-state index is 0.0413. The fourth-order valence-corrected chi connectivity index (χ4v) is 1.10. The van der Waals surface area contributed by atoms with Crippen molar-refractivity contribution in [3.05, 3.63) is 30.3 Å². The van der Waals surface area contributed by atoms with Gasteiger partial charge in [-0.25, -0.2) is 0 Å². The van der Waals surface area contributed by atoms with Crippen molar-refractivity contribution < 1.29 is 29.5 Å². The summed E-state index contributed by atoms with van der Waals surface area (Å²) in [6.07, 6.45) is 0. The topological polar surface area (TPSA) is 88.4 Å². The maximum absolute atomic E-state index is 8.63. The molecule has 0 amide bonds. The predicted molar refractivity (Wildman–Crippen MR) is 74.7 cm³/mol. The summed E-state index contributed by atoms with van der Waals surface area (Å²) in [6.45, 7) is 2.76. The van der Waals surface area contributed by atoms with E-state index in [0.29, 0.717) is 45.4 Å². The summed E-state index contributed by atoms with van der Waals surface area (Å²) in [5.74, 6) is 0.322. The molecule has 1 rings (SSSR count). The lowest BCUT2D eigenvalue weighted by molar-refractivity contribution is 0.00230. The molecule has 0 aliphatic carbocycles. The highest BCUT2D eigenvalue weighted by molar-refractivity contribution is 5.18. The van der Waals surface area contributed by atoms with E-state index in [1.54, 1.807) is 24.3 Å². The Morgan fingerprint density at radius 1 is 0.650 bits per heavy atom. The molecule has 0 atom stereocenters. The average molecular weight is 288 g/mol. The van der Waals surface area contributed by atoms with Crippen LogP contribution in [-0.4, -0.2) is 68.2 Å². The van der Waals surface area contributed by atoms with Gasteiger partial charge in [0.2, 0.25) is 0 Å². The van der Waals surface area contributed by atoms with E-state index in [9.17, 15) is 0 Å². The van der Waals surface area contributed by atoms with Gasteiger partial charge < -0.3 is 29.5 Å². The molecule has 6 nitrogen and oxygen atoms in total. The highest BCUT2D eigenvalue weighted by Gasteiger charge is 1.89. The molecular formula is C14H24O6. The number of aromatic hydroxyl groups is 1. The van der Waals surface area contributed by atoms with Gasteiger partial charge in [0.05, 0.1) is 52.9 Å². The zero-order valence-electron chi connectivity index (χ0n) is 11.6. The fourth-order valence-electron chi connectivity index (χ4n) is 1.10. The second-order valence-corrected chi connectivity index (χ2v) is 3.62. The van der Waals surface area contributed by atoms with E-state index >= 15 is 0 Å². The summed E-state index contributed by atoms with van der Waals surface area (Å²) in [5, 5.41) is 25.3. The van der Waals surface area contributed by atoms with Crippen molar-refractivity contribution in [2.24, 2.45) is 0 Å².